The van der Waals surface area contributed by atoms with Crippen molar-refractivity contribution < 1.29 is 0 Å². The van der Waals surface area contributed by atoms with Crippen molar-refractivity contribution in [2.45, 2.75) is 19.6 Å². The standard InChI is InChI=1S/C23H24N6/c1-17-10-9-15-20(16-17)25-22-26-21(24-18-11-5-3-6-12-18)28-23(2,29-22)27-19-13-7-4-8-14-19/h3-16,27H,1-2H3,(H3,24,25,26,28,29). The molecule has 146 valence electrons. The van der Waals surface area contributed by atoms with Gasteiger partial charge in [-0.25, -0.2) is 9.98 Å². The van der Waals surface area contributed by atoms with Crippen LogP contribution in [-0.4, -0.2) is 17.7 Å². The van der Waals surface area contributed by atoms with Gasteiger partial charge >= 0.3 is 0 Å². The lowest BCUT2D eigenvalue weighted by molar-refractivity contribution is 0.559. The lowest BCUT2D eigenvalue weighted by Crippen LogP contribution is -2.49. The molecule has 0 bridgehead atoms. The zero-order valence-electron chi connectivity index (χ0n) is 16.5. The van der Waals surface area contributed by atoms with Crippen molar-refractivity contribution in [1.82, 2.24) is 5.32 Å². The molecule has 1 atom stereocenters. The second-order valence-electron chi connectivity index (χ2n) is 7.04. The van der Waals surface area contributed by atoms with Crippen LogP contribution in [0.1, 0.15) is 12.5 Å². The summed E-state index contributed by atoms with van der Waals surface area (Å²) in [6.45, 7) is 4.00. The Morgan fingerprint density at radius 1 is 0.690 bits per heavy atom. The zero-order valence-corrected chi connectivity index (χ0v) is 16.5. The fraction of sp³-hybridized carbons (Fsp3) is 0.130. The van der Waals surface area contributed by atoms with Crippen molar-refractivity contribution in [2.75, 3.05) is 16.0 Å². The SMILES string of the molecule is Cc1cccc(NC2=NC(C)(Nc3ccccc3)N=C(Nc3ccccc3)N2)c1. The van der Waals surface area contributed by atoms with Crippen LogP contribution in [-0.2, 0) is 0 Å². The maximum absolute atomic E-state index is 4.78. The molecule has 0 saturated heterocycles. The third kappa shape index (κ3) is 4.93. The fourth-order valence-electron chi connectivity index (χ4n) is 3.12. The van der Waals surface area contributed by atoms with E-state index in [1.54, 1.807) is 0 Å². The van der Waals surface area contributed by atoms with Gasteiger partial charge in [0.2, 0.25) is 17.7 Å². The summed E-state index contributed by atoms with van der Waals surface area (Å²) in [5.74, 6) is 0.331. The van der Waals surface area contributed by atoms with E-state index in [9.17, 15) is 0 Å². The molecule has 29 heavy (non-hydrogen) atoms. The van der Waals surface area contributed by atoms with Crippen LogP contribution in [0.15, 0.2) is 94.9 Å². The molecule has 0 fully saturated rings. The Hall–Kier alpha value is -3.80. The topological polar surface area (TPSA) is 72.8 Å². The first-order valence-electron chi connectivity index (χ1n) is 9.54. The lowest BCUT2D eigenvalue weighted by Gasteiger charge is -2.31. The number of nitrogens with one attached hydrogen (secondary N) is 4. The summed E-state index contributed by atoms with van der Waals surface area (Å²) in [6, 6.07) is 28.0. The quantitative estimate of drug-likeness (QED) is 0.530. The van der Waals surface area contributed by atoms with Crippen molar-refractivity contribution in [2.24, 2.45) is 9.98 Å². The van der Waals surface area contributed by atoms with E-state index in [0.717, 1.165) is 17.1 Å². The zero-order chi connectivity index (χ0) is 20.1. The van der Waals surface area contributed by atoms with Crippen molar-refractivity contribution >= 4 is 29.0 Å². The molecule has 0 radical (unpaired) electrons. The first kappa shape index (κ1) is 18.6. The summed E-state index contributed by atoms with van der Waals surface area (Å²) in [4.78, 5) is 9.55. The number of hydrogen-bond donors (Lipinski definition) is 4. The van der Waals surface area contributed by atoms with E-state index in [-0.39, 0.29) is 0 Å². The maximum Gasteiger partial charge on any atom is 0.229 e. The van der Waals surface area contributed by atoms with Crippen LogP contribution in [0.4, 0.5) is 17.1 Å². The molecule has 1 aliphatic heterocycles. The molecule has 3 aromatic rings. The van der Waals surface area contributed by atoms with Crippen molar-refractivity contribution in [3.05, 3.63) is 90.5 Å². The number of guanidine groups is 2. The van der Waals surface area contributed by atoms with E-state index in [1.165, 1.54) is 5.56 Å². The Balaban J connectivity index is 1.62. The van der Waals surface area contributed by atoms with Gasteiger partial charge in [-0.1, -0.05) is 48.5 Å². The molecule has 1 heterocycles. The predicted molar refractivity (Wildman–Crippen MR) is 121 cm³/mol. The molecule has 6 heteroatoms. The molecule has 0 spiro atoms. The van der Waals surface area contributed by atoms with E-state index < -0.39 is 5.79 Å². The predicted octanol–water partition coefficient (Wildman–Crippen LogP) is 4.62. The summed E-state index contributed by atoms with van der Waals surface area (Å²) in [6.07, 6.45) is 0. The minimum Gasteiger partial charge on any atom is -0.343 e. The third-order valence-corrected chi connectivity index (χ3v) is 4.37. The monoisotopic (exact) mass is 384 g/mol. The van der Waals surface area contributed by atoms with Crippen LogP contribution in [0.25, 0.3) is 0 Å². The molecule has 0 amide bonds. The summed E-state index contributed by atoms with van der Waals surface area (Å²) in [5.41, 5.74) is 4.02. The lowest BCUT2D eigenvalue weighted by atomic mass is 10.2. The van der Waals surface area contributed by atoms with Gasteiger partial charge in [-0.15, -0.1) is 0 Å². The number of para-hydroxylation sites is 2. The highest BCUT2D eigenvalue weighted by atomic mass is 15.4. The van der Waals surface area contributed by atoms with Gasteiger partial charge in [-0.05, 0) is 48.9 Å². The second-order valence-corrected chi connectivity index (χ2v) is 7.04. The number of aryl methyl sites for hydroxylation is 1. The summed E-state index contributed by atoms with van der Waals surface area (Å²) < 4.78 is 0. The van der Waals surface area contributed by atoms with Crippen molar-refractivity contribution in [1.29, 1.82) is 0 Å². The fourth-order valence-corrected chi connectivity index (χ4v) is 3.12. The van der Waals surface area contributed by atoms with Gasteiger partial charge in [0.05, 0.1) is 0 Å². The first-order valence-corrected chi connectivity index (χ1v) is 9.54. The van der Waals surface area contributed by atoms with Gasteiger partial charge in [-0.3, -0.25) is 5.32 Å². The number of anilines is 3. The highest BCUT2D eigenvalue weighted by molar-refractivity contribution is 6.11. The molecular weight excluding hydrogens is 360 g/mol. The highest BCUT2D eigenvalue weighted by Gasteiger charge is 2.28. The smallest absolute Gasteiger partial charge is 0.229 e. The average Bonchev–Trinajstić information content (AvgIpc) is 2.69. The molecule has 0 aromatic heterocycles. The van der Waals surface area contributed by atoms with Crippen LogP contribution in [0.2, 0.25) is 0 Å². The van der Waals surface area contributed by atoms with E-state index in [4.69, 9.17) is 9.98 Å². The van der Waals surface area contributed by atoms with E-state index in [0.29, 0.717) is 11.9 Å². The molecule has 1 unspecified atom stereocenters. The molecule has 4 rings (SSSR count). The highest BCUT2D eigenvalue weighted by Crippen LogP contribution is 2.21. The third-order valence-electron chi connectivity index (χ3n) is 4.37. The molecule has 1 aliphatic rings. The second kappa shape index (κ2) is 8.06. The number of hydrogen-bond acceptors (Lipinski definition) is 6. The Morgan fingerprint density at radius 2 is 1.24 bits per heavy atom. The van der Waals surface area contributed by atoms with Crippen LogP contribution in [0.5, 0.6) is 0 Å². The average molecular weight is 384 g/mol. The number of aliphatic imine (C=N–C) groups is 2. The minimum absolute atomic E-state index is 0.604. The van der Waals surface area contributed by atoms with Crippen LogP contribution < -0.4 is 21.3 Å². The normalized spacial score (nSPS) is 18.1. The number of benzene rings is 3. The summed E-state index contributed by atoms with van der Waals surface area (Å²) in [5, 5.41) is 13.3. The Kier molecular flexibility index (Phi) is 5.16. The maximum atomic E-state index is 4.78. The summed E-state index contributed by atoms with van der Waals surface area (Å²) >= 11 is 0. The van der Waals surface area contributed by atoms with Crippen LogP contribution in [0, 0.1) is 6.92 Å². The Morgan fingerprint density at radius 3 is 1.86 bits per heavy atom. The molecule has 4 N–H and O–H groups in total. The summed E-state index contributed by atoms with van der Waals surface area (Å²) in [7, 11) is 0. The van der Waals surface area contributed by atoms with Gasteiger partial charge in [0, 0.05) is 24.0 Å². The van der Waals surface area contributed by atoms with Crippen LogP contribution in [0.3, 0.4) is 0 Å². The first-order chi connectivity index (χ1) is 14.1. The van der Waals surface area contributed by atoms with Gasteiger partial charge in [0.1, 0.15) is 0 Å². The minimum atomic E-state index is -0.879. The Bertz CT molecular complexity index is 1030. The van der Waals surface area contributed by atoms with E-state index in [1.807, 2.05) is 79.7 Å². The number of nitrogens with zero attached hydrogens (tertiary/aromatic N) is 2. The van der Waals surface area contributed by atoms with Gasteiger partial charge in [-0.2, -0.15) is 0 Å². The van der Waals surface area contributed by atoms with Gasteiger partial charge < -0.3 is 16.0 Å². The van der Waals surface area contributed by atoms with Crippen molar-refractivity contribution in [3.63, 3.8) is 0 Å². The van der Waals surface area contributed by atoms with Gasteiger partial charge in [0.15, 0.2) is 0 Å². The molecule has 0 saturated carbocycles. The number of rotatable bonds is 4. The molecule has 0 aliphatic carbocycles. The molecule has 6 nitrogen and oxygen atoms in total. The molecule has 3 aromatic carbocycles. The van der Waals surface area contributed by atoms with E-state index >= 15 is 0 Å². The van der Waals surface area contributed by atoms with Crippen LogP contribution >= 0.6 is 0 Å². The van der Waals surface area contributed by atoms with E-state index in [2.05, 4.69) is 40.3 Å². The largest absolute Gasteiger partial charge is 0.343 e. The van der Waals surface area contributed by atoms with Gasteiger partial charge in [0.25, 0.3) is 0 Å². The van der Waals surface area contributed by atoms with Crippen molar-refractivity contribution in [3.8, 4) is 0 Å². The molecular formula is C23H24N6. The Labute approximate surface area is 170 Å².